The van der Waals surface area contributed by atoms with E-state index in [9.17, 15) is 9.59 Å². The molecule has 0 amide bonds. The standard InChI is InChI=1S/C27H24N2O4/c1-17(30)32-20-12-9-18(10-13-20)27(24-16-29(4)25-8-6-5-7-21(24)25)23-14-11-19(28(2)3)15-22(23)26(31)33-27/h5-16H,1-4H3. The number of hydrogen-bond acceptors (Lipinski definition) is 5. The van der Waals surface area contributed by atoms with Crippen molar-refractivity contribution in [3.8, 4) is 5.75 Å². The summed E-state index contributed by atoms with van der Waals surface area (Å²) < 4.78 is 13.6. The molecule has 0 saturated carbocycles. The molecule has 1 aromatic heterocycles. The molecular weight excluding hydrogens is 416 g/mol. The Morgan fingerprint density at radius 1 is 1.00 bits per heavy atom. The van der Waals surface area contributed by atoms with Gasteiger partial charge in [-0.2, -0.15) is 0 Å². The zero-order valence-electron chi connectivity index (χ0n) is 19.0. The fraction of sp³-hybridized carbons (Fsp3) is 0.185. The van der Waals surface area contributed by atoms with Crippen molar-refractivity contribution in [3.63, 3.8) is 0 Å². The summed E-state index contributed by atoms with van der Waals surface area (Å²) in [5.41, 5.74) is 3.81. The van der Waals surface area contributed by atoms with Gasteiger partial charge in [0.2, 0.25) is 0 Å². The van der Waals surface area contributed by atoms with Crippen LogP contribution >= 0.6 is 0 Å². The average Bonchev–Trinajstić information content (AvgIpc) is 3.29. The van der Waals surface area contributed by atoms with E-state index >= 15 is 0 Å². The highest BCUT2D eigenvalue weighted by Gasteiger charge is 2.50. The maximum absolute atomic E-state index is 13.2. The van der Waals surface area contributed by atoms with Crippen molar-refractivity contribution in [2.75, 3.05) is 19.0 Å². The molecule has 6 heteroatoms. The molecule has 3 aromatic carbocycles. The first-order chi connectivity index (χ1) is 15.8. The molecule has 0 spiro atoms. The monoisotopic (exact) mass is 440 g/mol. The topological polar surface area (TPSA) is 60.8 Å². The van der Waals surface area contributed by atoms with Crippen LogP contribution < -0.4 is 9.64 Å². The number of aryl methyl sites for hydroxylation is 1. The smallest absolute Gasteiger partial charge is 0.340 e. The van der Waals surface area contributed by atoms with Crippen molar-refractivity contribution in [3.05, 3.63) is 95.2 Å². The third kappa shape index (κ3) is 3.18. The van der Waals surface area contributed by atoms with E-state index in [4.69, 9.17) is 9.47 Å². The van der Waals surface area contributed by atoms with Crippen LogP contribution in [0.2, 0.25) is 0 Å². The predicted molar refractivity (Wildman–Crippen MR) is 127 cm³/mol. The van der Waals surface area contributed by atoms with Crippen LogP contribution in [0.25, 0.3) is 10.9 Å². The van der Waals surface area contributed by atoms with Crippen LogP contribution in [0, 0.1) is 0 Å². The maximum atomic E-state index is 13.2. The number of cyclic esters (lactones) is 1. The second-order valence-corrected chi connectivity index (χ2v) is 8.48. The van der Waals surface area contributed by atoms with E-state index < -0.39 is 5.60 Å². The lowest BCUT2D eigenvalue weighted by molar-refractivity contribution is -0.131. The van der Waals surface area contributed by atoms with Gasteiger partial charge in [0.1, 0.15) is 5.75 Å². The number of para-hydroxylation sites is 1. The number of ether oxygens (including phenoxy) is 2. The lowest BCUT2D eigenvalue weighted by atomic mass is 9.79. The van der Waals surface area contributed by atoms with Crippen LogP contribution in [0.4, 0.5) is 5.69 Å². The Hall–Kier alpha value is -4.06. The van der Waals surface area contributed by atoms with Gasteiger partial charge >= 0.3 is 11.9 Å². The quantitative estimate of drug-likeness (QED) is 0.342. The van der Waals surface area contributed by atoms with Gasteiger partial charge in [0.05, 0.1) is 5.56 Å². The van der Waals surface area contributed by atoms with E-state index in [1.807, 2.05) is 91.4 Å². The first-order valence-electron chi connectivity index (χ1n) is 10.7. The molecule has 0 saturated heterocycles. The second kappa shape index (κ2) is 7.52. The van der Waals surface area contributed by atoms with Crippen LogP contribution in [0.15, 0.2) is 72.9 Å². The minimum Gasteiger partial charge on any atom is -0.440 e. The van der Waals surface area contributed by atoms with E-state index in [1.54, 1.807) is 12.1 Å². The minimum absolute atomic E-state index is 0.370. The molecule has 2 heterocycles. The number of aromatic nitrogens is 1. The van der Waals surface area contributed by atoms with E-state index in [-0.39, 0.29) is 11.9 Å². The summed E-state index contributed by atoms with van der Waals surface area (Å²) in [6.07, 6.45) is 2.02. The molecule has 0 N–H and O–H groups in total. The van der Waals surface area contributed by atoms with Crippen molar-refractivity contribution in [2.24, 2.45) is 7.05 Å². The van der Waals surface area contributed by atoms with Crippen molar-refractivity contribution in [2.45, 2.75) is 12.5 Å². The highest BCUT2D eigenvalue weighted by atomic mass is 16.6. The summed E-state index contributed by atoms with van der Waals surface area (Å²) in [5.74, 6) is -0.321. The Bertz CT molecular complexity index is 1400. The summed E-state index contributed by atoms with van der Waals surface area (Å²) in [7, 11) is 5.86. The molecule has 0 bridgehead atoms. The van der Waals surface area contributed by atoms with Crippen molar-refractivity contribution >= 4 is 28.5 Å². The Morgan fingerprint density at radius 3 is 2.42 bits per heavy atom. The molecule has 6 nitrogen and oxygen atoms in total. The summed E-state index contributed by atoms with van der Waals surface area (Å²) in [6.45, 7) is 1.36. The van der Waals surface area contributed by atoms with Crippen LogP contribution in [-0.2, 0) is 22.2 Å². The maximum Gasteiger partial charge on any atom is 0.340 e. The van der Waals surface area contributed by atoms with Crippen LogP contribution in [0.5, 0.6) is 5.75 Å². The number of benzene rings is 3. The minimum atomic E-state index is -1.13. The van der Waals surface area contributed by atoms with Gasteiger partial charge in [-0.25, -0.2) is 4.79 Å². The molecular formula is C27H24N2O4. The molecule has 4 aromatic rings. The van der Waals surface area contributed by atoms with Crippen molar-refractivity contribution in [1.29, 1.82) is 0 Å². The number of carbonyl (C=O) groups excluding carboxylic acids is 2. The van der Waals surface area contributed by atoms with E-state index in [1.165, 1.54) is 6.92 Å². The molecule has 1 aliphatic heterocycles. The Labute approximate surface area is 192 Å². The van der Waals surface area contributed by atoms with Crippen LogP contribution in [-0.4, -0.2) is 30.6 Å². The van der Waals surface area contributed by atoms with Gasteiger partial charge < -0.3 is 18.9 Å². The zero-order valence-corrected chi connectivity index (χ0v) is 19.0. The Balaban J connectivity index is 1.80. The average molecular weight is 440 g/mol. The third-order valence-corrected chi connectivity index (χ3v) is 6.16. The van der Waals surface area contributed by atoms with Gasteiger partial charge in [-0.05, 0) is 30.3 Å². The zero-order chi connectivity index (χ0) is 23.3. The summed E-state index contributed by atoms with van der Waals surface area (Å²) >= 11 is 0. The fourth-order valence-electron chi connectivity index (χ4n) is 4.65. The van der Waals surface area contributed by atoms with Gasteiger partial charge in [0.25, 0.3) is 0 Å². The fourth-order valence-corrected chi connectivity index (χ4v) is 4.65. The SMILES string of the molecule is CC(=O)Oc1ccc(C2(c3cn(C)c4ccccc34)OC(=O)c3cc(N(C)C)ccc32)cc1. The number of anilines is 1. The molecule has 166 valence electrons. The molecule has 0 aliphatic carbocycles. The molecule has 33 heavy (non-hydrogen) atoms. The summed E-state index contributed by atoms with van der Waals surface area (Å²) in [6, 6.07) is 21.0. The van der Waals surface area contributed by atoms with Gasteiger partial charge in [0.15, 0.2) is 5.60 Å². The molecule has 0 radical (unpaired) electrons. The first-order valence-corrected chi connectivity index (χ1v) is 10.7. The Kier molecular flexibility index (Phi) is 4.74. The van der Waals surface area contributed by atoms with Gasteiger partial charge in [-0.1, -0.05) is 36.4 Å². The van der Waals surface area contributed by atoms with Gasteiger partial charge in [-0.3, -0.25) is 4.79 Å². The molecule has 1 aliphatic rings. The molecule has 5 rings (SSSR count). The number of fused-ring (bicyclic) bond motifs is 2. The van der Waals surface area contributed by atoms with Gasteiger partial charge in [-0.15, -0.1) is 0 Å². The largest absolute Gasteiger partial charge is 0.440 e. The van der Waals surface area contributed by atoms with E-state index in [0.29, 0.717) is 11.3 Å². The van der Waals surface area contributed by atoms with Crippen molar-refractivity contribution < 1.29 is 19.1 Å². The number of hydrogen-bond donors (Lipinski definition) is 0. The van der Waals surface area contributed by atoms with Crippen molar-refractivity contribution in [1.82, 2.24) is 4.57 Å². The van der Waals surface area contributed by atoms with E-state index in [0.717, 1.165) is 33.3 Å². The normalized spacial score (nSPS) is 17.0. The number of carbonyl (C=O) groups is 2. The van der Waals surface area contributed by atoms with E-state index in [2.05, 4.69) is 0 Å². The molecule has 0 fully saturated rings. The number of rotatable bonds is 4. The summed E-state index contributed by atoms with van der Waals surface area (Å²) in [5, 5.41) is 1.00. The lowest BCUT2D eigenvalue weighted by Crippen LogP contribution is -2.29. The Morgan fingerprint density at radius 2 is 1.73 bits per heavy atom. The predicted octanol–water partition coefficient (Wildman–Crippen LogP) is 4.63. The third-order valence-electron chi connectivity index (χ3n) is 6.16. The van der Waals surface area contributed by atoms with Crippen LogP contribution in [0.1, 0.15) is 34.0 Å². The second-order valence-electron chi connectivity index (χ2n) is 8.48. The highest BCUT2D eigenvalue weighted by molar-refractivity contribution is 5.99. The molecule has 1 atom stereocenters. The molecule has 1 unspecified atom stereocenters. The number of esters is 2. The van der Waals surface area contributed by atoms with Crippen LogP contribution in [0.3, 0.4) is 0 Å². The number of nitrogens with zero attached hydrogens (tertiary/aromatic N) is 2. The highest BCUT2D eigenvalue weighted by Crippen LogP contribution is 2.50. The lowest BCUT2D eigenvalue weighted by Gasteiger charge is -2.30. The first kappa shape index (κ1) is 20.8. The summed E-state index contributed by atoms with van der Waals surface area (Å²) in [4.78, 5) is 26.6. The van der Waals surface area contributed by atoms with Gasteiger partial charge in [0, 0.05) is 67.5 Å².